The molecule has 0 aliphatic rings. The van der Waals surface area contributed by atoms with Gasteiger partial charge in [-0.15, -0.1) is 0 Å². The Hall–Kier alpha value is -0.220. The highest BCUT2D eigenvalue weighted by molar-refractivity contribution is 9.10. The van der Waals surface area contributed by atoms with Crippen LogP contribution in [0.1, 0.15) is 17.3 Å². The van der Waals surface area contributed by atoms with Gasteiger partial charge in [-0.2, -0.15) is 0 Å². The van der Waals surface area contributed by atoms with E-state index in [1.165, 1.54) is 18.2 Å². The first-order valence-electron chi connectivity index (χ1n) is 3.65. The van der Waals surface area contributed by atoms with Crippen molar-refractivity contribution in [2.45, 2.75) is 11.8 Å². The SMILES string of the molecule is C[C@@H](Br)C(=O)c1ccc(F)c(Br)c1. The highest BCUT2D eigenvalue weighted by Gasteiger charge is 2.12. The Kier molecular flexibility index (Phi) is 3.62. The van der Waals surface area contributed by atoms with Crippen molar-refractivity contribution in [1.82, 2.24) is 0 Å². The maximum absolute atomic E-state index is 12.8. The van der Waals surface area contributed by atoms with Gasteiger partial charge in [0, 0.05) is 5.56 Å². The number of alkyl halides is 1. The zero-order valence-electron chi connectivity index (χ0n) is 6.85. The van der Waals surface area contributed by atoms with Crippen molar-refractivity contribution < 1.29 is 9.18 Å². The quantitative estimate of drug-likeness (QED) is 0.603. The van der Waals surface area contributed by atoms with Crippen molar-refractivity contribution in [3.8, 4) is 0 Å². The van der Waals surface area contributed by atoms with Gasteiger partial charge in [-0.1, -0.05) is 15.9 Å². The number of halogens is 3. The van der Waals surface area contributed by atoms with Crippen molar-refractivity contribution in [2.24, 2.45) is 0 Å². The lowest BCUT2D eigenvalue weighted by molar-refractivity contribution is 0.0995. The molecule has 0 N–H and O–H groups in total. The van der Waals surface area contributed by atoms with Crippen LogP contribution in [0.4, 0.5) is 4.39 Å². The van der Waals surface area contributed by atoms with Gasteiger partial charge in [-0.25, -0.2) is 4.39 Å². The van der Waals surface area contributed by atoms with E-state index in [0.717, 1.165) is 0 Å². The van der Waals surface area contributed by atoms with E-state index in [-0.39, 0.29) is 16.4 Å². The Morgan fingerprint density at radius 1 is 1.54 bits per heavy atom. The van der Waals surface area contributed by atoms with Gasteiger partial charge >= 0.3 is 0 Å². The number of rotatable bonds is 2. The fourth-order valence-corrected chi connectivity index (χ4v) is 1.52. The van der Waals surface area contributed by atoms with Crippen LogP contribution in [0.5, 0.6) is 0 Å². The predicted octanol–water partition coefficient (Wildman–Crippen LogP) is 3.55. The average Bonchev–Trinajstić information content (AvgIpc) is 2.08. The molecule has 0 heterocycles. The van der Waals surface area contributed by atoms with Gasteiger partial charge in [0.2, 0.25) is 0 Å². The number of Topliss-reactive ketones (excluding diaryl/α,β-unsaturated/α-hetero) is 1. The van der Waals surface area contributed by atoms with Crippen LogP contribution in [0.15, 0.2) is 22.7 Å². The van der Waals surface area contributed by atoms with Crippen molar-refractivity contribution in [1.29, 1.82) is 0 Å². The predicted molar refractivity (Wildman–Crippen MR) is 56.8 cm³/mol. The van der Waals surface area contributed by atoms with Crippen LogP contribution < -0.4 is 0 Å². The summed E-state index contributed by atoms with van der Waals surface area (Å²) in [5.41, 5.74) is 0.498. The van der Waals surface area contributed by atoms with Gasteiger partial charge in [0.25, 0.3) is 0 Å². The minimum absolute atomic E-state index is 0.0549. The Balaban J connectivity index is 3.04. The minimum atomic E-state index is -0.362. The summed E-state index contributed by atoms with van der Waals surface area (Å²) in [5, 5.41) is 0. The molecule has 0 aromatic heterocycles. The number of carbonyl (C=O) groups is 1. The normalized spacial score (nSPS) is 12.6. The zero-order chi connectivity index (χ0) is 10.0. The summed E-state index contributed by atoms with van der Waals surface area (Å²) in [5.74, 6) is -0.417. The Bertz CT molecular complexity index is 336. The lowest BCUT2D eigenvalue weighted by Crippen LogP contribution is -2.09. The zero-order valence-corrected chi connectivity index (χ0v) is 10.0. The minimum Gasteiger partial charge on any atom is -0.293 e. The van der Waals surface area contributed by atoms with E-state index >= 15 is 0 Å². The third-order valence-corrected chi connectivity index (χ3v) is 2.59. The van der Waals surface area contributed by atoms with Crippen molar-refractivity contribution >= 4 is 37.6 Å². The molecule has 0 radical (unpaired) electrons. The third-order valence-electron chi connectivity index (χ3n) is 1.57. The molecule has 0 spiro atoms. The number of benzene rings is 1. The second-order valence-corrected chi connectivity index (χ2v) is 4.84. The van der Waals surface area contributed by atoms with Crippen LogP contribution in [0.3, 0.4) is 0 Å². The summed E-state index contributed by atoms with van der Waals surface area (Å²) in [4.78, 5) is 11.2. The van der Waals surface area contributed by atoms with Crippen molar-refractivity contribution in [3.63, 3.8) is 0 Å². The first-order valence-corrected chi connectivity index (χ1v) is 5.36. The number of carbonyl (C=O) groups excluding carboxylic acids is 1. The fourth-order valence-electron chi connectivity index (χ4n) is 0.879. The van der Waals surface area contributed by atoms with Crippen LogP contribution in [0.2, 0.25) is 0 Å². The van der Waals surface area contributed by atoms with Crippen LogP contribution in [-0.2, 0) is 0 Å². The maximum Gasteiger partial charge on any atom is 0.176 e. The second-order valence-electron chi connectivity index (χ2n) is 2.61. The van der Waals surface area contributed by atoms with Gasteiger partial charge < -0.3 is 0 Å². The highest BCUT2D eigenvalue weighted by Crippen LogP contribution is 2.19. The molecule has 0 aliphatic carbocycles. The van der Waals surface area contributed by atoms with Crippen LogP contribution in [-0.4, -0.2) is 10.6 Å². The van der Waals surface area contributed by atoms with E-state index in [1.807, 2.05) is 0 Å². The Morgan fingerprint density at radius 2 is 2.15 bits per heavy atom. The topological polar surface area (TPSA) is 17.1 Å². The monoisotopic (exact) mass is 308 g/mol. The van der Waals surface area contributed by atoms with Gasteiger partial charge in [-0.3, -0.25) is 4.79 Å². The van der Waals surface area contributed by atoms with Crippen molar-refractivity contribution in [2.75, 3.05) is 0 Å². The summed E-state index contributed by atoms with van der Waals surface area (Å²) in [6, 6.07) is 4.22. The van der Waals surface area contributed by atoms with Crippen LogP contribution >= 0.6 is 31.9 Å². The van der Waals surface area contributed by atoms with Crippen LogP contribution in [0, 0.1) is 5.82 Å². The van der Waals surface area contributed by atoms with Crippen LogP contribution in [0.25, 0.3) is 0 Å². The molecule has 0 saturated heterocycles. The fraction of sp³-hybridized carbons (Fsp3) is 0.222. The van der Waals surface area contributed by atoms with E-state index < -0.39 is 0 Å². The van der Waals surface area contributed by atoms with Crippen molar-refractivity contribution in [3.05, 3.63) is 34.1 Å². The number of ketones is 1. The maximum atomic E-state index is 12.8. The standard InChI is InChI=1S/C9H7Br2FO/c1-5(10)9(13)6-2-3-8(12)7(11)4-6/h2-5H,1H3/t5-/m1/s1. The molecule has 0 fully saturated rings. The Labute approximate surface area is 92.6 Å². The first-order chi connectivity index (χ1) is 6.02. The van der Waals surface area contributed by atoms with Gasteiger partial charge in [0.05, 0.1) is 9.30 Å². The average molecular weight is 310 g/mol. The molecule has 1 nitrogen and oxygen atoms in total. The molecule has 0 bridgehead atoms. The lowest BCUT2D eigenvalue weighted by Gasteiger charge is -2.03. The van der Waals surface area contributed by atoms with Gasteiger partial charge in [0.1, 0.15) is 5.82 Å². The van der Waals surface area contributed by atoms with Gasteiger partial charge in [0.15, 0.2) is 5.78 Å². The van der Waals surface area contributed by atoms with Gasteiger partial charge in [-0.05, 0) is 41.1 Å². The summed E-state index contributed by atoms with van der Waals surface area (Å²) in [7, 11) is 0. The highest BCUT2D eigenvalue weighted by atomic mass is 79.9. The molecule has 13 heavy (non-hydrogen) atoms. The lowest BCUT2D eigenvalue weighted by atomic mass is 10.1. The molecular formula is C9H7Br2FO. The summed E-state index contributed by atoms with van der Waals surface area (Å²) >= 11 is 6.18. The van der Waals surface area contributed by atoms with E-state index in [2.05, 4.69) is 31.9 Å². The summed E-state index contributed by atoms with van der Waals surface area (Å²) in [6.45, 7) is 1.74. The molecule has 4 heteroatoms. The number of hydrogen-bond acceptors (Lipinski definition) is 1. The van der Waals surface area contributed by atoms with E-state index in [4.69, 9.17) is 0 Å². The molecular weight excluding hydrogens is 303 g/mol. The molecule has 1 rings (SSSR count). The molecule has 1 aromatic rings. The molecule has 0 amide bonds. The van der Waals surface area contributed by atoms with E-state index in [1.54, 1.807) is 6.92 Å². The molecule has 1 aromatic carbocycles. The van der Waals surface area contributed by atoms with E-state index in [9.17, 15) is 9.18 Å². The molecule has 1 atom stereocenters. The Morgan fingerprint density at radius 3 is 2.62 bits per heavy atom. The smallest absolute Gasteiger partial charge is 0.176 e. The summed E-state index contributed by atoms with van der Waals surface area (Å²) in [6.07, 6.45) is 0. The third kappa shape index (κ3) is 2.61. The molecule has 0 saturated carbocycles. The second kappa shape index (κ2) is 4.33. The molecule has 0 aliphatic heterocycles. The summed E-state index contributed by atoms with van der Waals surface area (Å²) < 4.78 is 13.1. The first kappa shape index (κ1) is 10.9. The molecule has 0 unspecified atom stereocenters. The van der Waals surface area contributed by atoms with E-state index in [0.29, 0.717) is 10.0 Å². The number of hydrogen-bond donors (Lipinski definition) is 0. The molecule has 70 valence electrons. The largest absolute Gasteiger partial charge is 0.293 e.